The van der Waals surface area contributed by atoms with Crippen molar-refractivity contribution in [1.29, 1.82) is 0 Å². The van der Waals surface area contributed by atoms with E-state index in [0.717, 1.165) is 22.6 Å². The lowest BCUT2D eigenvalue weighted by atomic mass is 9.95. The van der Waals surface area contributed by atoms with E-state index in [1.54, 1.807) is 14.2 Å². The molecular weight excluding hydrogens is 250 g/mol. The van der Waals surface area contributed by atoms with E-state index in [0.29, 0.717) is 0 Å². The van der Waals surface area contributed by atoms with Crippen LogP contribution < -0.4 is 15.2 Å². The summed E-state index contributed by atoms with van der Waals surface area (Å²) in [5.74, 6) is 1.55. The Morgan fingerprint density at radius 1 is 0.900 bits per heavy atom. The van der Waals surface area contributed by atoms with Gasteiger partial charge in [0.2, 0.25) is 0 Å². The van der Waals surface area contributed by atoms with E-state index in [2.05, 4.69) is 32.0 Å². The second kappa shape index (κ2) is 5.97. The van der Waals surface area contributed by atoms with Gasteiger partial charge >= 0.3 is 0 Å². The van der Waals surface area contributed by atoms with Crippen LogP contribution in [0.25, 0.3) is 0 Å². The van der Waals surface area contributed by atoms with Crippen LogP contribution in [0.15, 0.2) is 36.4 Å². The van der Waals surface area contributed by atoms with E-state index >= 15 is 0 Å². The average molecular weight is 271 g/mol. The fourth-order valence-corrected chi connectivity index (χ4v) is 2.22. The number of hydrogen-bond donors (Lipinski definition) is 1. The molecule has 1 unspecified atom stereocenters. The molecule has 2 aromatic carbocycles. The molecule has 0 saturated heterocycles. The number of aryl methyl sites for hydroxylation is 2. The minimum absolute atomic E-state index is 0.237. The zero-order valence-electron chi connectivity index (χ0n) is 12.4. The highest BCUT2D eigenvalue weighted by Gasteiger charge is 2.15. The van der Waals surface area contributed by atoms with Gasteiger partial charge in [-0.25, -0.2) is 0 Å². The zero-order chi connectivity index (χ0) is 14.7. The molecule has 2 N–H and O–H groups in total. The standard InChI is InChI=1S/C17H21NO2/c1-11-5-6-13(9-12(11)2)17(18)15-10-14(19-3)7-8-16(15)20-4/h5-10,17H,18H2,1-4H3. The predicted octanol–water partition coefficient (Wildman–Crippen LogP) is 3.37. The van der Waals surface area contributed by atoms with Crippen LogP contribution >= 0.6 is 0 Å². The molecule has 2 aromatic rings. The first-order valence-electron chi connectivity index (χ1n) is 6.61. The van der Waals surface area contributed by atoms with Crippen molar-refractivity contribution in [2.45, 2.75) is 19.9 Å². The molecule has 2 rings (SSSR count). The van der Waals surface area contributed by atoms with Crippen LogP contribution in [0.4, 0.5) is 0 Å². The van der Waals surface area contributed by atoms with Gasteiger partial charge in [0.05, 0.1) is 20.3 Å². The molecule has 0 aliphatic rings. The first-order chi connectivity index (χ1) is 9.56. The minimum Gasteiger partial charge on any atom is -0.497 e. The van der Waals surface area contributed by atoms with Gasteiger partial charge in [0.15, 0.2) is 0 Å². The topological polar surface area (TPSA) is 44.5 Å². The Balaban J connectivity index is 2.45. The molecule has 0 aliphatic carbocycles. The van der Waals surface area contributed by atoms with Gasteiger partial charge in [-0.05, 0) is 48.7 Å². The maximum absolute atomic E-state index is 6.40. The van der Waals surface area contributed by atoms with E-state index in [-0.39, 0.29) is 6.04 Å². The third-order valence-electron chi connectivity index (χ3n) is 3.66. The molecule has 3 nitrogen and oxygen atoms in total. The number of rotatable bonds is 4. The molecule has 106 valence electrons. The molecule has 0 saturated carbocycles. The minimum atomic E-state index is -0.237. The van der Waals surface area contributed by atoms with Crippen molar-refractivity contribution < 1.29 is 9.47 Å². The van der Waals surface area contributed by atoms with E-state index < -0.39 is 0 Å². The largest absolute Gasteiger partial charge is 0.497 e. The Morgan fingerprint density at radius 3 is 2.25 bits per heavy atom. The Morgan fingerprint density at radius 2 is 1.65 bits per heavy atom. The van der Waals surface area contributed by atoms with Crippen molar-refractivity contribution in [3.8, 4) is 11.5 Å². The second-order valence-corrected chi connectivity index (χ2v) is 4.93. The van der Waals surface area contributed by atoms with Gasteiger partial charge in [-0.3, -0.25) is 0 Å². The molecule has 0 bridgehead atoms. The highest BCUT2D eigenvalue weighted by atomic mass is 16.5. The first kappa shape index (κ1) is 14.4. The van der Waals surface area contributed by atoms with Crippen molar-refractivity contribution in [2.24, 2.45) is 5.73 Å². The molecule has 0 amide bonds. The van der Waals surface area contributed by atoms with Gasteiger partial charge < -0.3 is 15.2 Å². The highest BCUT2D eigenvalue weighted by molar-refractivity contribution is 5.46. The maximum atomic E-state index is 6.40. The molecular formula is C17H21NO2. The number of benzene rings is 2. The normalized spacial score (nSPS) is 12.1. The fourth-order valence-electron chi connectivity index (χ4n) is 2.22. The molecule has 20 heavy (non-hydrogen) atoms. The third-order valence-corrected chi connectivity index (χ3v) is 3.66. The second-order valence-electron chi connectivity index (χ2n) is 4.93. The third kappa shape index (κ3) is 2.78. The molecule has 0 fully saturated rings. The summed E-state index contributed by atoms with van der Waals surface area (Å²) < 4.78 is 10.7. The predicted molar refractivity (Wildman–Crippen MR) is 81.5 cm³/mol. The number of methoxy groups -OCH3 is 2. The summed E-state index contributed by atoms with van der Waals surface area (Å²) in [6.07, 6.45) is 0. The summed E-state index contributed by atoms with van der Waals surface area (Å²) in [5.41, 5.74) is 10.9. The summed E-state index contributed by atoms with van der Waals surface area (Å²) in [7, 11) is 3.30. The molecule has 1 atom stereocenters. The van der Waals surface area contributed by atoms with Crippen LogP contribution in [0.5, 0.6) is 11.5 Å². The SMILES string of the molecule is COc1ccc(OC)c(C(N)c2ccc(C)c(C)c2)c1. The van der Waals surface area contributed by atoms with Gasteiger partial charge in [-0.1, -0.05) is 18.2 Å². The van der Waals surface area contributed by atoms with Crippen molar-refractivity contribution in [1.82, 2.24) is 0 Å². The van der Waals surface area contributed by atoms with Gasteiger partial charge in [0, 0.05) is 5.56 Å². The quantitative estimate of drug-likeness (QED) is 0.927. The number of hydrogen-bond acceptors (Lipinski definition) is 3. The van der Waals surface area contributed by atoms with Crippen molar-refractivity contribution in [3.05, 3.63) is 58.7 Å². The maximum Gasteiger partial charge on any atom is 0.124 e. The number of nitrogens with two attached hydrogens (primary N) is 1. The number of ether oxygens (including phenoxy) is 2. The van der Waals surface area contributed by atoms with Gasteiger partial charge in [0.1, 0.15) is 11.5 Å². The summed E-state index contributed by atoms with van der Waals surface area (Å²) in [4.78, 5) is 0. The summed E-state index contributed by atoms with van der Waals surface area (Å²) in [6.45, 7) is 4.19. The monoisotopic (exact) mass is 271 g/mol. The fraction of sp³-hybridized carbons (Fsp3) is 0.294. The van der Waals surface area contributed by atoms with Crippen molar-refractivity contribution in [3.63, 3.8) is 0 Å². The molecule has 0 spiro atoms. The van der Waals surface area contributed by atoms with Gasteiger partial charge in [-0.15, -0.1) is 0 Å². The van der Waals surface area contributed by atoms with E-state index in [1.807, 2.05) is 18.2 Å². The van der Waals surface area contributed by atoms with Crippen LogP contribution in [-0.2, 0) is 0 Å². The molecule has 0 aromatic heterocycles. The molecule has 3 heteroatoms. The van der Waals surface area contributed by atoms with Crippen LogP contribution in [0, 0.1) is 13.8 Å². The Labute approximate surface area is 120 Å². The average Bonchev–Trinajstić information content (AvgIpc) is 2.48. The Bertz CT molecular complexity index is 608. The Kier molecular flexibility index (Phi) is 4.30. The molecule has 0 aliphatic heterocycles. The van der Waals surface area contributed by atoms with E-state index in [9.17, 15) is 0 Å². The van der Waals surface area contributed by atoms with Crippen LogP contribution in [0.2, 0.25) is 0 Å². The first-order valence-corrected chi connectivity index (χ1v) is 6.61. The van der Waals surface area contributed by atoms with Crippen LogP contribution in [0.3, 0.4) is 0 Å². The lowest BCUT2D eigenvalue weighted by Crippen LogP contribution is -2.13. The van der Waals surface area contributed by atoms with Gasteiger partial charge in [-0.2, -0.15) is 0 Å². The van der Waals surface area contributed by atoms with Gasteiger partial charge in [0.25, 0.3) is 0 Å². The van der Waals surface area contributed by atoms with Crippen molar-refractivity contribution in [2.75, 3.05) is 14.2 Å². The molecule has 0 heterocycles. The smallest absolute Gasteiger partial charge is 0.124 e. The Hall–Kier alpha value is -2.00. The zero-order valence-corrected chi connectivity index (χ0v) is 12.4. The van der Waals surface area contributed by atoms with E-state index in [4.69, 9.17) is 15.2 Å². The molecule has 0 radical (unpaired) electrons. The summed E-state index contributed by atoms with van der Waals surface area (Å²) in [5, 5.41) is 0. The van der Waals surface area contributed by atoms with Crippen LogP contribution in [0.1, 0.15) is 28.3 Å². The highest BCUT2D eigenvalue weighted by Crippen LogP contribution is 2.32. The van der Waals surface area contributed by atoms with Crippen LogP contribution in [-0.4, -0.2) is 14.2 Å². The van der Waals surface area contributed by atoms with Crippen molar-refractivity contribution >= 4 is 0 Å². The van der Waals surface area contributed by atoms with E-state index in [1.165, 1.54) is 11.1 Å². The summed E-state index contributed by atoms with van der Waals surface area (Å²) in [6, 6.07) is 11.7. The lowest BCUT2D eigenvalue weighted by Gasteiger charge is -2.18. The lowest BCUT2D eigenvalue weighted by molar-refractivity contribution is 0.397. The summed E-state index contributed by atoms with van der Waals surface area (Å²) >= 11 is 0.